The van der Waals surface area contributed by atoms with E-state index in [-0.39, 0.29) is 28.5 Å². The molecule has 1 heterocycles. The van der Waals surface area contributed by atoms with E-state index in [1.807, 2.05) is 13.8 Å². The van der Waals surface area contributed by atoms with E-state index < -0.39 is 0 Å². The van der Waals surface area contributed by atoms with E-state index in [0.717, 1.165) is 11.0 Å². The molecular formula is C14H26N4O2. The minimum absolute atomic E-state index is 0.0246. The van der Waals surface area contributed by atoms with Gasteiger partial charge in [-0.05, 0) is 18.8 Å². The fourth-order valence-corrected chi connectivity index (χ4v) is 1.79. The van der Waals surface area contributed by atoms with Crippen LogP contribution >= 0.6 is 0 Å². The molecule has 6 heteroatoms. The summed E-state index contributed by atoms with van der Waals surface area (Å²) < 4.78 is 2.54. The second-order valence-electron chi connectivity index (χ2n) is 6.29. The van der Waals surface area contributed by atoms with Crippen LogP contribution in [0.2, 0.25) is 0 Å². The molecule has 0 radical (unpaired) electrons. The van der Waals surface area contributed by atoms with Gasteiger partial charge < -0.3 is 11.1 Å². The van der Waals surface area contributed by atoms with Crippen molar-refractivity contribution in [2.75, 3.05) is 11.1 Å². The van der Waals surface area contributed by atoms with Crippen LogP contribution in [0.15, 0.2) is 9.59 Å². The standard InChI is InChI=1S/C14H26N4O2/c1-7-8-18-11(15)10(12(19)17(6)13(18)20)16-9(2)14(3,4)5/h9,16H,7-8,15H2,1-6H3. The summed E-state index contributed by atoms with van der Waals surface area (Å²) in [5.74, 6) is 0.219. The Bertz CT molecular complexity index is 593. The topological polar surface area (TPSA) is 82.0 Å². The van der Waals surface area contributed by atoms with Crippen LogP contribution in [-0.4, -0.2) is 15.2 Å². The van der Waals surface area contributed by atoms with Gasteiger partial charge in [-0.2, -0.15) is 0 Å². The number of rotatable bonds is 4. The van der Waals surface area contributed by atoms with Crippen LogP contribution in [0.4, 0.5) is 11.5 Å². The maximum atomic E-state index is 12.2. The Hall–Kier alpha value is -1.72. The van der Waals surface area contributed by atoms with E-state index in [1.165, 1.54) is 11.6 Å². The van der Waals surface area contributed by atoms with Gasteiger partial charge in [-0.1, -0.05) is 27.7 Å². The van der Waals surface area contributed by atoms with Crippen LogP contribution in [0.3, 0.4) is 0 Å². The molecule has 0 aliphatic rings. The Morgan fingerprint density at radius 2 is 1.85 bits per heavy atom. The molecule has 0 spiro atoms. The Morgan fingerprint density at radius 3 is 2.30 bits per heavy atom. The van der Waals surface area contributed by atoms with Crippen LogP contribution in [0.25, 0.3) is 0 Å². The monoisotopic (exact) mass is 282 g/mol. The molecule has 1 rings (SSSR count). The zero-order valence-corrected chi connectivity index (χ0v) is 13.3. The minimum atomic E-state index is -0.379. The van der Waals surface area contributed by atoms with Crippen molar-refractivity contribution in [3.05, 3.63) is 20.8 Å². The Labute approximate surface area is 119 Å². The summed E-state index contributed by atoms with van der Waals surface area (Å²) >= 11 is 0. The highest BCUT2D eigenvalue weighted by molar-refractivity contribution is 5.61. The highest BCUT2D eigenvalue weighted by atomic mass is 16.2. The van der Waals surface area contributed by atoms with Gasteiger partial charge in [-0.25, -0.2) is 4.79 Å². The number of nitrogens with one attached hydrogen (secondary N) is 1. The van der Waals surface area contributed by atoms with E-state index in [4.69, 9.17) is 5.73 Å². The molecule has 0 aliphatic carbocycles. The van der Waals surface area contributed by atoms with Crippen LogP contribution in [-0.2, 0) is 13.6 Å². The first kappa shape index (κ1) is 16.3. The zero-order valence-electron chi connectivity index (χ0n) is 13.3. The Kier molecular flexibility index (Phi) is 4.68. The SMILES string of the molecule is CCCn1c(N)c(NC(C)C(C)(C)C)c(=O)n(C)c1=O. The number of anilines is 2. The van der Waals surface area contributed by atoms with Gasteiger partial charge in [0.25, 0.3) is 5.56 Å². The second-order valence-corrected chi connectivity index (χ2v) is 6.29. The summed E-state index contributed by atoms with van der Waals surface area (Å²) in [4.78, 5) is 24.3. The molecule has 0 bridgehead atoms. The van der Waals surface area contributed by atoms with Gasteiger partial charge in [-0.3, -0.25) is 13.9 Å². The molecular weight excluding hydrogens is 256 g/mol. The van der Waals surface area contributed by atoms with Crippen molar-refractivity contribution >= 4 is 11.5 Å². The van der Waals surface area contributed by atoms with Crippen LogP contribution in [0, 0.1) is 5.41 Å². The molecule has 114 valence electrons. The third-order valence-corrected chi connectivity index (χ3v) is 3.69. The predicted molar refractivity (Wildman–Crippen MR) is 83.2 cm³/mol. The number of hydrogen-bond acceptors (Lipinski definition) is 4. The van der Waals surface area contributed by atoms with E-state index in [0.29, 0.717) is 12.2 Å². The first-order chi connectivity index (χ1) is 9.11. The van der Waals surface area contributed by atoms with Crippen LogP contribution < -0.4 is 22.3 Å². The average Bonchev–Trinajstić information content (AvgIpc) is 2.36. The van der Waals surface area contributed by atoms with E-state index in [2.05, 4.69) is 26.1 Å². The lowest BCUT2D eigenvalue weighted by Crippen LogP contribution is -2.43. The second kappa shape index (κ2) is 5.73. The molecule has 1 aromatic heterocycles. The molecule has 0 fully saturated rings. The molecule has 6 nitrogen and oxygen atoms in total. The lowest BCUT2D eigenvalue weighted by atomic mass is 9.88. The summed E-state index contributed by atoms with van der Waals surface area (Å²) in [6.45, 7) is 10.7. The van der Waals surface area contributed by atoms with Crippen molar-refractivity contribution in [2.24, 2.45) is 12.5 Å². The number of aromatic nitrogens is 2. The highest BCUT2D eigenvalue weighted by Crippen LogP contribution is 2.23. The predicted octanol–water partition coefficient (Wildman–Crippen LogP) is 1.39. The number of nitrogens with zero attached hydrogens (tertiary/aromatic N) is 2. The van der Waals surface area contributed by atoms with Crippen molar-refractivity contribution in [2.45, 2.75) is 53.6 Å². The lowest BCUT2D eigenvalue weighted by molar-refractivity contribution is 0.359. The summed E-state index contributed by atoms with van der Waals surface area (Å²) in [5.41, 5.74) is 5.55. The van der Waals surface area contributed by atoms with Gasteiger partial charge >= 0.3 is 5.69 Å². The zero-order chi connectivity index (χ0) is 15.7. The van der Waals surface area contributed by atoms with E-state index in [9.17, 15) is 9.59 Å². The van der Waals surface area contributed by atoms with E-state index in [1.54, 1.807) is 0 Å². The molecule has 3 N–H and O–H groups in total. The molecule has 0 saturated carbocycles. The number of hydrogen-bond donors (Lipinski definition) is 2. The highest BCUT2D eigenvalue weighted by Gasteiger charge is 2.23. The lowest BCUT2D eigenvalue weighted by Gasteiger charge is -2.29. The molecule has 1 aromatic rings. The molecule has 0 aliphatic heterocycles. The summed E-state index contributed by atoms with van der Waals surface area (Å²) in [6, 6.07) is 0.0464. The largest absolute Gasteiger partial charge is 0.383 e. The first-order valence-corrected chi connectivity index (χ1v) is 6.97. The van der Waals surface area contributed by atoms with Crippen molar-refractivity contribution in [1.29, 1.82) is 0 Å². The summed E-state index contributed by atoms with van der Waals surface area (Å²) in [5, 5.41) is 3.17. The van der Waals surface area contributed by atoms with Gasteiger partial charge in [0.05, 0.1) is 0 Å². The quantitative estimate of drug-likeness (QED) is 0.874. The maximum absolute atomic E-state index is 12.2. The molecule has 20 heavy (non-hydrogen) atoms. The summed E-state index contributed by atoms with van der Waals surface area (Å²) in [7, 11) is 1.48. The fraction of sp³-hybridized carbons (Fsp3) is 0.714. The number of nitrogens with two attached hydrogens (primary N) is 1. The fourth-order valence-electron chi connectivity index (χ4n) is 1.79. The van der Waals surface area contributed by atoms with E-state index >= 15 is 0 Å². The molecule has 1 unspecified atom stereocenters. The van der Waals surface area contributed by atoms with Crippen molar-refractivity contribution in [3.63, 3.8) is 0 Å². The molecule has 0 aromatic carbocycles. The van der Waals surface area contributed by atoms with Gasteiger partial charge in [0, 0.05) is 19.6 Å². The van der Waals surface area contributed by atoms with Crippen LogP contribution in [0.1, 0.15) is 41.0 Å². The first-order valence-electron chi connectivity index (χ1n) is 6.97. The van der Waals surface area contributed by atoms with Crippen molar-refractivity contribution < 1.29 is 0 Å². The molecule has 0 amide bonds. The maximum Gasteiger partial charge on any atom is 0.332 e. The molecule has 1 atom stereocenters. The minimum Gasteiger partial charge on any atom is -0.383 e. The van der Waals surface area contributed by atoms with Gasteiger partial charge in [0.1, 0.15) is 11.5 Å². The Morgan fingerprint density at radius 1 is 1.30 bits per heavy atom. The number of nitrogen functional groups attached to an aromatic ring is 1. The van der Waals surface area contributed by atoms with Crippen molar-refractivity contribution in [3.8, 4) is 0 Å². The van der Waals surface area contributed by atoms with Gasteiger partial charge in [0.2, 0.25) is 0 Å². The Balaban J connectivity index is 3.41. The summed E-state index contributed by atoms with van der Waals surface area (Å²) in [6.07, 6.45) is 0.774. The normalized spacial score (nSPS) is 13.3. The average molecular weight is 282 g/mol. The molecule has 0 saturated heterocycles. The van der Waals surface area contributed by atoms with Crippen molar-refractivity contribution in [1.82, 2.24) is 9.13 Å². The van der Waals surface area contributed by atoms with Gasteiger partial charge in [-0.15, -0.1) is 0 Å². The van der Waals surface area contributed by atoms with Crippen LogP contribution in [0.5, 0.6) is 0 Å². The van der Waals surface area contributed by atoms with Gasteiger partial charge in [0.15, 0.2) is 0 Å². The smallest absolute Gasteiger partial charge is 0.332 e. The third-order valence-electron chi connectivity index (χ3n) is 3.69. The third kappa shape index (κ3) is 3.05.